The summed E-state index contributed by atoms with van der Waals surface area (Å²) in [5.41, 5.74) is 1.30. The van der Waals surface area contributed by atoms with Crippen LogP contribution in [0.1, 0.15) is 11.3 Å². The van der Waals surface area contributed by atoms with Crippen LogP contribution in [0.15, 0.2) is 77.2 Å². The van der Waals surface area contributed by atoms with Gasteiger partial charge < -0.3 is 0 Å². The average Bonchev–Trinajstić information content (AvgIpc) is 2.97. The van der Waals surface area contributed by atoms with Gasteiger partial charge in [-0.1, -0.05) is 30.4 Å². The van der Waals surface area contributed by atoms with Gasteiger partial charge in [-0.15, -0.1) is 6.58 Å². The molecule has 29 heavy (non-hydrogen) atoms. The van der Waals surface area contributed by atoms with Gasteiger partial charge in [0.1, 0.15) is 0 Å². The number of aliphatic imine (C=N–C) groups is 1. The molecule has 0 spiro atoms. The minimum atomic E-state index is -0.437. The molecule has 2 aromatic rings. The lowest BCUT2D eigenvalue weighted by atomic mass is 10.1. The van der Waals surface area contributed by atoms with Crippen molar-refractivity contribution in [1.82, 2.24) is 9.88 Å². The van der Waals surface area contributed by atoms with Crippen LogP contribution in [0.2, 0.25) is 0 Å². The van der Waals surface area contributed by atoms with Crippen molar-refractivity contribution in [1.29, 1.82) is 0 Å². The molecule has 1 fully saturated rings. The first-order valence-electron chi connectivity index (χ1n) is 8.74. The molecule has 1 aromatic heterocycles. The molecule has 0 radical (unpaired) electrons. The van der Waals surface area contributed by atoms with Crippen LogP contribution in [-0.4, -0.2) is 32.4 Å². The van der Waals surface area contributed by atoms with Crippen LogP contribution in [0.3, 0.4) is 0 Å². The number of rotatable bonds is 6. The number of carbonyl (C=O) groups is 1. The van der Waals surface area contributed by atoms with Crippen LogP contribution in [0, 0.1) is 17.0 Å². The van der Waals surface area contributed by atoms with Crippen LogP contribution in [0.25, 0.3) is 6.08 Å². The Morgan fingerprint density at radius 2 is 2.07 bits per heavy atom. The van der Waals surface area contributed by atoms with Crippen molar-refractivity contribution < 1.29 is 9.72 Å². The highest BCUT2D eigenvalue weighted by Crippen LogP contribution is 2.32. The summed E-state index contributed by atoms with van der Waals surface area (Å²) < 4.78 is 0. The van der Waals surface area contributed by atoms with Crippen LogP contribution >= 0.6 is 11.8 Å². The number of nitro groups is 1. The van der Waals surface area contributed by atoms with E-state index in [-0.39, 0.29) is 11.6 Å². The molecular weight excluding hydrogens is 388 g/mol. The number of amidine groups is 1. The minimum Gasteiger partial charge on any atom is -0.282 e. The quantitative estimate of drug-likeness (QED) is 0.302. The predicted molar refractivity (Wildman–Crippen MR) is 116 cm³/mol. The molecule has 7 nitrogen and oxygen atoms in total. The van der Waals surface area contributed by atoms with Crippen molar-refractivity contribution >= 4 is 40.4 Å². The molecule has 0 atom stereocenters. The first kappa shape index (κ1) is 20.2. The topological polar surface area (TPSA) is 88.7 Å². The van der Waals surface area contributed by atoms with E-state index in [9.17, 15) is 14.9 Å². The monoisotopic (exact) mass is 406 g/mol. The van der Waals surface area contributed by atoms with Crippen LogP contribution in [0.5, 0.6) is 0 Å². The summed E-state index contributed by atoms with van der Waals surface area (Å²) >= 11 is 1.23. The van der Waals surface area contributed by atoms with E-state index < -0.39 is 4.92 Å². The molecule has 0 saturated carbocycles. The fourth-order valence-corrected chi connectivity index (χ4v) is 3.57. The van der Waals surface area contributed by atoms with Gasteiger partial charge in [0.05, 0.1) is 15.4 Å². The van der Waals surface area contributed by atoms with Gasteiger partial charge in [-0.05, 0) is 49.0 Å². The van der Waals surface area contributed by atoms with E-state index in [1.807, 2.05) is 19.1 Å². The largest absolute Gasteiger partial charge is 0.282 e. The molecule has 3 rings (SSSR count). The number of benzene rings is 1. The standard InChI is InChI=1S/C21H18N4O3S/c1-3-14-24-20(26)18(29-21(24)23-19-13-6-8-15(2)22-19)12-7-10-16-9-4-5-11-17(16)25(27)28/h3-13H,1,14H2,2H3/b10-7+,18-12-,23-21+. The highest BCUT2D eigenvalue weighted by atomic mass is 32.2. The van der Waals surface area contributed by atoms with Gasteiger partial charge in [0.25, 0.3) is 11.6 Å². The second-order valence-corrected chi connectivity index (χ2v) is 7.05. The van der Waals surface area contributed by atoms with Crippen LogP contribution in [-0.2, 0) is 4.79 Å². The number of para-hydroxylation sites is 1. The van der Waals surface area contributed by atoms with E-state index in [1.165, 1.54) is 22.7 Å². The molecule has 1 aromatic carbocycles. The summed E-state index contributed by atoms with van der Waals surface area (Å²) in [4.78, 5) is 34.2. The Bertz CT molecular complexity index is 1060. The Labute approximate surface area is 172 Å². The van der Waals surface area contributed by atoms with Crippen molar-refractivity contribution in [3.8, 4) is 0 Å². The molecule has 0 bridgehead atoms. The van der Waals surface area contributed by atoms with E-state index in [2.05, 4.69) is 16.6 Å². The van der Waals surface area contributed by atoms with Crippen molar-refractivity contribution in [3.05, 3.63) is 93.5 Å². The summed E-state index contributed by atoms with van der Waals surface area (Å²) in [6, 6.07) is 11.9. The first-order chi connectivity index (χ1) is 14.0. The van der Waals surface area contributed by atoms with Crippen LogP contribution < -0.4 is 0 Å². The van der Waals surface area contributed by atoms with Crippen molar-refractivity contribution in [2.24, 2.45) is 4.99 Å². The lowest BCUT2D eigenvalue weighted by Crippen LogP contribution is -2.29. The SMILES string of the molecule is C=CCN1C(=O)/C(=C/C=C/c2ccccc2[N+](=O)[O-])S/C1=N/c1cccc(C)n1. The first-order valence-corrected chi connectivity index (χ1v) is 9.56. The van der Waals surface area contributed by atoms with Gasteiger partial charge in [0, 0.05) is 18.3 Å². The van der Waals surface area contributed by atoms with E-state index in [4.69, 9.17) is 0 Å². The Morgan fingerprint density at radius 3 is 2.79 bits per heavy atom. The number of carbonyl (C=O) groups excluding carboxylic acids is 1. The van der Waals surface area contributed by atoms with E-state index >= 15 is 0 Å². The maximum atomic E-state index is 12.7. The zero-order chi connectivity index (χ0) is 20.8. The second-order valence-electron chi connectivity index (χ2n) is 6.04. The summed E-state index contributed by atoms with van der Waals surface area (Å²) in [6.45, 7) is 5.89. The Morgan fingerprint density at radius 1 is 1.28 bits per heavy atom. The Kier molecular flexibility index (Phi) is 6.36. The Balaban J connectivity index is 1.88. The third-order valence-corrected chi connectivity index (χ3v) is 4.97. The van der Waals surface area contributed by atoms with Crippen molar-refractivity contribution in [2.75, 3.05) is 6.54 Å². The smallest absolute Gasteiger partial charge is 0.276 e. The summed E-state index contributed by atoms with van der Waals surface area (Å²) in [7, 11) is 0. The number of hydrogen-bond acceptors (Lipinski definition) is 6. The lowest BCUT2D eigenvalue weighted by Gasteiger charge is -2.12. The summed E-state index contributed by atoms with van der Waals surface area (Å²) in [5.74, 6) is 0.319. The fourth-order valence-electron chi connectivity index (χ4n) is 2.62. The number of pyridine rings is 1. The molecule has 0 aliphatic carbocycles. The number of nitro benzene ring substituents is 1. The van der Waals surface area contributed by atoms with Gasteiger partial charge >= 0.3 is 0 Å². The van der Waals surface area contributed by atoms with Crippen molar-refractivity contribution in [3.63, 3.8) is 0 Å². The molecule has 0 N–H and O–H groups in total. The second kappa shape index (κ2) is 9.11. The van der Waals surface area contributed by atoms with E-state index in [0.717, 1.165) is 5.69 Å². The van der Waals surface area contributed by atoms with Gasteiger partial charge in [-0.3, -0.25) is 19.8 Å². The predicted octanol–water partition coefficient (Wildman–Crippen LogP) is 4.64. The number of thioether (sulfide) groups is 1. The Hall–Kier alpha value is -3.52. The van der Waals surface area contributed by atoms with Gasteiger partial charge in [0.15, 0.2) is 11.0 Å². The summed E-state index contributed by atoms with van der Waals surface area (Å²) in [5, 5.41) is 11.6. The molecule has 1 amide bonds. The fraction of sp³-hybridized carbons (Fsp3) is 0.0952. The zero-order valence-corrected chi connectivity index (χ0v) is 16.5. The van der Waals surface area contributed by atoms with Gasteiger partial charge in [0.2, 0.25) is 0 Å². The highest BCUT2D eigenvalue weighted by molar-refractivity contribution is 8.18. The molecule has 2 heterocycles. The molecule has 1 aliphatic rings. The van der Waals surface area contributed by atoms with E-state index in [0.29, 0.717) is 28.0 Å². The number of allylic oxidation sites excluding steroid dienone is 2. The molecule has 1 saturated heterocycles. The van der Waals surface area contributed by atoms with E-state index in [1.54, 1.807) is 48.6 Å². The molecule has 0 unspecified atom stereocenters. The number of aryl methyl sites for hydroxylation is 1. The van der Waals surface area contributed by atoms with Gasteiger partial charge in [-0.2, -0.15) is 0 Å². The third-order valence-electron chi connectivity index (χ3n) is 3.94. The normalized spacial score (nSPS) is 16.9. The highest BCUT2D eigenvalue weighted by Gasteiger charge is 2.32. The minimum absolute atomic E-state index is 0.00797. The maximum Gasteiger partial charge on any atom is 0.276 e. The molecule has 1 aliphatic heterocycles. The van der Waals surface area contributed by atoms with Crippen molar-refractivity contribution in [2.45, 2.75) is 6.92 Å². The maximum absolute atomic E-state index is 12.7. The number of aromatic nitrogens is 1. The summed E-state index contributed by atoms with van der Waals surface area (Å²) in [6.07, 6.45) is 6.49. The number of hydrogen-bond donors (Lipinski definition) is 0. The molecule has 146 valence electrons. The molecular formula is C21H18N4O3S. The van der Waals surface area contributed by atoms with Crippen LogP contribution in [0.4, 0.5) is 11.5 Å². The zero-order valence-electron chi connectivity index (χ0n) is 15.7. The number of amides is 1. The lowest BCUT2D eigenvalue weighted by molar-refractivity contribution is -0.385. The van der Waals surface area contributed by atoms with Gasteiger partial charge in [-0.25, -0.2) is 9.98 Å². The average molecular weight is 406 g/mol. The number of nitrogens with zero attached hydrogens (tertiary/aromatic N) is 4. The third kappa shape index (κ3) is 4.85. The molecule has 8 heteroatoms.